The number of allylic oxidation sites excluding steroid dienone is 1. The maximum absolute atomic E-state index is 13.1. The van der Waals surface area contributed by atoms with Gasteiger partial charge in [0.25, 0.3) is 0 Å². The molecule has 1 aromatic rings. The number of aryl methyl sites for hydroxylation is 1. The molecule has 1 aliphatic heterocycles. The Hall–Kier alpha value is -1.83. The first-order valence-corrected chi connectivity index (χ1v) is 12.7. The van der Waals surface area contributed by atoms with Gasteiger partial charge in [0.15, 0.2) is 0 Å². The van der Waals surface area contributed by atoms with Crippen molar-refractivity contribution in [1.82, 2.24) is 4.98 Å². The van der Waals surface area contributed by atoms with Crippen LogP contribution in [0.25, 0.3) is 6.08 Å². The molecule has 1 aliphatic rings. The van der Waals surface area contributed by atoms with Crippen molar-refractivity contribution >= 4 is 29.2 Å². The highest BCUT2D eigenvalue weighted by Crippen LogP contribution is 2.32. The third-order valence-electron chi connectivity index (χ3n) is 6.68. The van der Waals surface area contributed by atoms with Gasteiger partial charge in [-0.15, -0.1) is 11.3 Å². The van der Waals surface area contributed by atoms with E-state index in [0.29, 0.717) is 6.42 Å². The van der Waals surface area contributed by atoms with Crippen molar-refractivity contribution < 1.29 is 24.5 Å². The maximum atomic E-state index is 13.1. The van der Waals surface area contributed by atoms with E-state index in [9.17, 15) is 19.8 Å². The van der Waals surface area contributed by atoms with E-state index in [1.165, 1.54) is 0 Å². The molecule has 0 saturated carbocycles. The van der Waals surface area contributed by atoms with E-state index in [2.05, 4.69) is 11.1 Å². The molecule has 0 spiro atoms. The number of hydrogen-bond acceptors (Lipinski definition) is 7. The lowest BCUT2D eigenvalue weighted by Gasteiger charge is -2.34. The minimum Gasteiger partial charge on any atom is -0.457 e. The zero-order valence-corrected chi connectivity index (χ0v) is 21.5. The van der Waals surface area contributed by atoms with E-state index in [4.69, 9.17) is 4.74 Å². The van der Waals surface area contributed by atoms with Crippen LogP contribution in [-0.4, -0.2) is 45.3 Å². The first-order valence-electron chi connectivity index (χ1n) is 11.8. The quantitative estimate of drug-likeness (QED) is 0.466. The van der Waals surface area contributed by atoms with E-state index in [1.807, 2.05) is 38.3 Å². The van der Waals surface area contributed by atoms with E-state index in [1.54, 1.807) is 32.1 Å². The normalized spacial score (nSPS) is 31.8. The van der Waals surface area contributed by atoms with Crippen molar-refractivity contribution in [2.75, 3.05) is 0 Å². The summed E-state index contributed by atoms with van der Waals surface area (Å²) in [5, 5.41) is 24.4. The molecular formula is C26H39NO5S. The number of esters is 1. The van der Waals surface area contributed by atoms with Crippen molar-refractivity contribution in [3.8, 4) is 0 Å². The molecule has 0 bridgehead atoms. The number of thiazole rings is 1. The molecule has 6 nitrogen and oxygen atoms in total. The number of ketones is 1. The lowest BCUT2D eigenvalue weighted by molar-refractivity contribution is -0.154. The van der Waals surface area contributed by atoms with Crippen molar-refractivity contribution in [2.24, 2.45) is 17.3 Å². The largest absolute Gasteiger partial charge is 0.457 e. The lowest BCUT2D eigenvalue weighted by Crippen LogP contribution is -2.45. The number of aromatic nitrogens is 1. The number of aliphatic hydroxyl groups is 2. The number of hydrogen-bond donors (Lipinski definition) is 2. The zero-order chi connectivity index (χ0) is 24.8. The van der Waals surface area contributed by atoms with Crippen LogP contribution in [-0.2, 0) is 14.3 Å². The van der Waals surface area contributed by atoms with Gasteiger partial charge in [-0.1, -0.05) is 39.8 Å². The van der Waals surface area contributed by atoms with Gasteiger partial charge in [0.1, 0.15) is 11.9 Å². The standard InChI is InChI=1S/C26H39NO5S/c1-16-11-9-7-8-10-12-21(17(2)13-20-15-33-19(4)27-20)32-23(29)14-22(28)26(5,6)25(31)18(3)24(16)30/h8,10,13,15-16,18,21-22,24,28,30H,7,9,11-12,14H2,1-6H3/b10-8-,17-13-/t16-,18+,21-,22-,24-/m0/s1. The van der Waals surface area contributed by atoms with Gasteiger partial charge in [0.2, 0.25) is 0 Å². The van der Waals surface area contributed by atoms with Gasteiger partial charge in [-0.25, -0.2) is 4.98 Å². The molecule has 2 rings (SSSR count). The topological polar surface area (TPSA) is 96.7 Å². The number of rotatable bonds is 2. The second kappa shape index (κ2) is 12.0. The van der Waals surface area contributed by atoms with E-state index in [0.717, 1.165) is 35.5 Å². The second-order valence-electron chi connectivity index (χ2n) is 9.86. The van der Waals surface area contributed by atoms with Crippen LogP contribution in [0.2, 0.25) is 0 Å². The maximum Gasteiger partial charge on any atom is 0.309 e. The van der Waals surface area contributed by atoms with Crippen LogP contribution in [0.5, 0.6) is 0 Å². The molecule has 33 heavy (non-hydrogen) atoms. The molecule has 0 aromatic carbocycles. The van der Waals surface area contributed by atoms with Gasteiger partial charge < -0.3 is 14.9 Å². The Kier molecular flexibility index (Phi) is 10.0. The number of aliphatic hydroxyl groups excluding tert-OH is 2. The Morgan fingerprint density at radius 3 is 2.58 bits per heavy atom. The summed E-state index contributed by atoms with van der Waals surface area (Å²) in [5.41, 5.74) is 0.513. The van der Waals surface area contributed by atoms with Gasteiger partial charge in [0, 0.05) is 17.7 Å². The van der Waals surface area contributed by atoms with Crippen LogP contribution >= 0.6 is 11.3 Å². The van der Waals surface area contributed by atoms with E-state index < -0.39 is 35.6 Å². The van der Waals surface area contributed by atoms with Gasteiger partial charge in [-0.05, 0) is 50.7 Å². The Morgan fingerprint density at radius 1 is 1.24 bits per heavy atom. The van der Waals surface area contributed by atoms with Gasteiger partial charge in [-0.2, -0.15) is 0 Å². The Bertz CT molecular complexity index is 872. The molecule has 2 heterocycles. The molecule has 2 N–H and O–H groups in total. The summed E-state index contributed by atoms with van der Waals surface area (Å²) in [6.07, 6.45) is 6.28. The Labute approximate surface area is 201 Å². The molecule has 0 unspecified atom stereocenters. The number of cyclic esters (lactones) is 1. The second-order valence-corrected chi connectivity index (χ2v) is 10.9. The average Bonchev–Trinajstić information content (AvgIpc) is 3.16. The number of carbonyl (C=O) groups excluding carboxylic acids is 2. The molecule has 0 fully saturated rings. The highest BCUT2D eigenvalue weighted by atomic mass is 32.1. The summed E-state index contributed by atoms with van der Waals surface area (Å²) in [6, 6.07) is 0. The smallest absolute Gasteiger partial charge is 0.309 e. The molecule has 7 heteroatoms. The summed E-state index contributed by atoms with van der Waals surface area (Å²) >= 11 is 1.56. The van der Waals surface area contributed by atoms with Crippen LogP contribution in [0.3, 0.4) is 0 Å². The fraction of sp³-hybridized carbons (Fsp3) is 0.654. The summed E-state index contributed by atoms with van der Waals surface area (Å²) < 4.78 is 5.75. The molecule has 0 saturated heterocycles. The molecule has 5 atom stereocenters. The number of Topliss-reactive ketones (excluding diaryl/α,β-unsaturated/α-hetero) is 1. The van der Waals surface area contributed by atoms with Crippen molar-refractivity contribution in [2.45, 2.75) is 92.0 Å². The van der Waals surface area contributed by atoms with Gasteiger partial charge >= 0.3 is 5.97 Å². The lowest BCUT2D eigenvalue weighted by atomic mass is 9.73. The molecule has 0 aliphatic carbocycles. The predicted octanol–water partition coefficient (Wildman–Crippen LogP) is 4.88. The molecule has 1 aromatic heterocycles. The fourth-order valence-corrected chi connectivity index (χ4v) is 4.75. The zero-order valence-electron chi connectivity index (χ0n) is 20.7. The fourth-order valence-electron chi connectivity index (χ4n) is 4.18. The van der Waals surface area contributed by atoms with Gasteiger partial charge in [0.05, 0.1) is 34.7 Å². The van der Waals surface area contributed by atoms with Crippen LogP contribution in [0.1, 0.15) is 77.4 Å². The number of carbonyl (C=O) groups is 2. The SMILES string of the molecule is C/C(=C/c1csc(C)n1)[C@@H]1C/C=C\CCC[C@H](C)[C@H](O)[C@@H](C)C(=O)C(C)(C)[C@@H](O)CC(=O)O1. The predicted molar refractivity (Wildman–Crippen MR) is 132 cm³/mol. The third-order valence-corrected chi connectivity index (χ3v) is 7.47. The monoisotopic (exact) mass is 477 g/mol. The summed E-state index contributed by atoms with van der Waals surface area (Å²) in [6.45, 7) is 10.8. The minimum atomic E-state index is -1.21. The van der Waals surface area contributed by atoms with E-state index in [-0.39, 0.29) is 18.1 Å². The third kappa shape index (κ3) is 7.59. The van der Waals surface area contributed by atoms with Gasteiger partial charge in [-0.3, -0.25) is 9.59 Å². The molecule has 0 radical (unpaired) electrons. The molecular weight excluding hydrogens is 438 g/mol. The Morgan fingerprint density at radius 2 is 1.94 bits per heavy atom. The first-order chi connectivity index (χ1) is 15.4. The van der Waals surface area contributed by atoms with Crippen molar-refractivity contribution in [3.05, 3.63) is 33.8 Å². The summed E-state index contributed by atoms with van der Waals surface area (Å²) in [7, 11) is 0. The first kappa shape index (κ1) is 27.4. The van der Waals surface area contributed by atoms with Crippen LogP contribution in [0.4, 0.5) is 0 Å². The minimum absolute atomic E-state index is 0.0392. The highest BCUT2D eigenvalue weighted by Gasteiger charge is 2.42. The van der Waals surface area contributed by atoms with Crippen LogP contribution < -0.4 is 0 Å². The average molecular weight is 478 g/mol. The van der Waals surface area contributed by atoms with E-state index >= 15 is 0 Å². The molecule has 184 valence electrons. The van der Waals surface area contributed by atoms with Crippen molar-refractivity contribution in [3.63, 3.8) is 0 Å². The number of ether oxygens (including phenoxy) is 1. The van der Waals surface area contributed by atoms with Crippen molar-refractivity contribution in [1.29, 1.82) is 0 Å². The summed E-state index contributed by atoms with van der Waals surface area (Å²) in [4.78, 5) is 30.3. The molecule has 0 amide bonds. The highest BCUT2D eigenvalue weighted by molar-refractivity contribution is 7.09. The van der Waals surface area contributed by atoms with Crippen LogP contribution in [0.15, 0.2) is 23.1 Å². The Balaban J connectivity index is 2.27. The summed E-state index contributed by atoms with van der Waals surface area (Å²) in [5.74, 6) is -1.48. The van der Waals surface area contributed by atoms with Crippen LogP contribution in [0, 0.1) is 24.2 Å². The number of nitrogens with zero attached hydrogens (tertiary/aromatic N) is 1.